The van der Waals surface area contributed by atoms with Gasteiger partial charge in [0.25, 0.3) is 5.91 Å². The summed E-state index contributed by atoms with van der Waals surface area (Å²) in [5.41, 5.74) is 0.349. The summed E-state index contributed by atoms with van der Waals surface area (Å²) in [5.74, 6) is 0.438. The van der Waals surface area contributed by atoms with Crippen molar-refractivity contribution in [1.82, 2.24) is 14.1 Å². The minimum absolute atomic E-state index is 0.0385. The first-order valence-electron chi connectivity index (χ1n) is 8.36. The third-order valence-electron chi connectivity index (χ3n) is 4.22. The second-order valence-electron chi connectivity index (χ2n) is 6.92. The second-order valence-corrected chi connectivity index (χ2v) is 9.45. The fourth-order valence-electron chi connectivity index (χ4n) is 2.86. The van der Waals surface area contributed by atoms with E-state index in [0.717, 1.165) is 23.9 Å². The Labute approximate surface area is 155 Å². The summed E-state index contributed by atoms with van der Waals surface area (Å²) >= 11 is 6.05. The van der Waals surface area contributed by atoms with E-state index in [-0.39, 0.29) is 15.8 Å². The molecule has 1 aliphatic rings. The molecule has 0 radical (unpaired) electrons. The zero-order valence-corrected chi connectivity index (χ0v) is 16.8. The number of carbonyl (C=O) groups is 1. The van der Waals surface area contributed by atoms with Gasteiger partial charge in [0, 0.05) is 52.4 Å². The van der Waals surface area contributed by atoms with Crippen LogP contribution in [0.2, 0.25) is 5.02 Å². The van der Waals surface area contributed by atoms with E-state index in [2.05, 4.69) is 18.7 Å². The third-order valence-corrected chi connectivity index (χ3v) is 6.52. The predicted octanol–water partition coefficient (Wildman–Crippen LogP) is 2.00. The van der Waals surface area contributed by atoms with Gasteiger partial charge in [0.1, 0.15) is 4.90 Å². The number of nitrogens with zero attached hydrogens (tertiary/aromatic N) is 3. The molecule has 25 heavy (non-hydrogen) atoms. The number of sulfonamides is 1. The fraction of sp³-hybridized carbons (Fsp3) is 0.588. The van der Waals surface area contributed by atoms with E-state index in [4.69, 9.17) is 11.6 Å². The van der Waals surface area contributed by atoms with Gasteiger partial charge in [0.05, 0.1) is 5.02 Å². The molecule has 2 rings (SSSR count). The molecule has 1 heterocycles. The molecule has 1 aromatic carbocycles. The molecule has 0 bridgehead atoms. The molecule has 1 aliphatic heterocycles. The minimum atomic E-state index is -3.69. The molecule has 1 aromatic rings. The van der Waals surface area contributed by atoms with Crippen LogP contribution in [0.25, 0.3) is 0 Å². The Balaban J connectivity index is 2.16. The Bertz CT molecular complexity index is 727. The van der Waals surface area contributed by atoms with Crippen LogP contribution in [0, 0.1) is 5.92 Å². The summed E-state index contributed by atoms with van der Waals surface area (Å²) in [6.07, 6.45) is 0. The number of carbonyl (C=O) groups excluding carboxylic acids is 1. The largest absolute Gasteiger partial charge is 0.336 e. The van der Waals surface area contributed by atoms with E-state index < -0.39 is 10.0 Å². The van der Waals surface area contributed by atoms with Gasteiger partial charge in [0.2, 0.25) is 10.0 Å². The zero-order valence-electron chi connectivity index (χ0n) is 15.2. The van der Waals surface area contributed by atoms with Crippen molar-refractivity contribution in [2.75, 3.05) is 46.8 Å². The van der Waals surface area contributed by atoms with Crippen LogP contribution in [0.3, 0.4) is 0 Å². The molecule has 0 unspecified atom stereocenters. The maximum atomic E-state index is 12.7. The molecule has 1 saturated heterocycles. The molecule has 0 aliphatic carbocycles. The van der Waals surface area contributed by atoms with E-state index in [1.165, 1.54) is 26.2 Å². The van der Waals surface area contributed by atoms with E-state index in [1.54, 1.807) is 11.0 Å². The number of hydrogen-bond donors (Lipinski definition) is 0. The van der Waals surface area contributed by atoms with Gasteiger partial charge in [-0.1, -0.05) is 25.4 Å². The van der Waals surface area contributed by atoms with E-state index in [9.17, 15) is 13.2 Å². The Kier molecular flexibility index (Phi) is 6.48. The summed E-state index contributed by atoms with van der Waals surface area (Å²) < 4.78 is 25.8. The predicted molar refractivity (Wildman–Crippen MR) is 99.5 cm³/mol. The third kappa shape index (κ3) is 4.73. The van der Waals surface area contributed by atoms with Gasteiger partial charge in [-0.15, -0.1) is 0 Å². The first-order valence-corrected chi connectivity index (χ1v) is 10.2. The topological polar surface area (TPSA) is 60.9 Å². The molecule has 6 nitrogen and oxygen atoms in total. The first kappa shape index (κ1) is 20.2. The van der Waals surface area contributed by atoms with Crippen LogP contribution >= 0.6 is 11.6 Å². The lowest BCUT2D eigenvalue weighted by Gasteiger charge is -2.35. The van der Waals surface area contributed by atoms with Crippen LogP contribution in [-0.4, -0.2) is 75.2 Å². The standard InChI is InChI=1S/C17H26ClN3O3S/c1-13(2)12-20-7-9-21(10-8-20)17(22)14-5-6-15(18)16(11-14)25(23,24)19(3)4/h5-6,11,13H,7-10,12H2,1-4H3. The normalized spacial score (nSPS) is 16.7. The maximum Gasteiger partial charge on any atom is 0.253 e. The Morgan fingerprint density at radius 2 is 1.80 bits per heavy atom. The Hall–Kier alpha value is -1.15. The van der Waals surface area contributed by atoms with Gasteiger partial charge in [-0.3, -0.25) is 9.69 Å². The molecule has 0 atom stereocenters. The van der Waals surface area contributed by atoms with Crippen molar-refractivity contribution in [3.8, 4) is 0 Å². The summed E-state index contributed by atoms with van der Waals surface area (Å²) in [6, 6.07) is 4.43. The molecule has 0 spiro atoms. The van der Waals surface area contributed by atoms with Crippen molar-refractivity contribution in [2.24, 2.45) is 5.92 Å². The highest BCUT2D eigenvalue weighted by atomic mass is 35.5. The van der Waals surface area contributed by atoms with Crippen molar-refractivity contribution >= 4 is 27.5 Å². The lowest BCUT2D eigenvalue weighted by atomic mass is 10.1. The Morgan fingerprint density at radius 3 is 2.32 bits per heavy atom. The number of hydrogen-bond acceptors (Lipinski definition) is 4. The summed E-state index contributed by atoms with van der Waals surface area (Å²) in [4.78, 5) is 16.8. The fourth-order valence-corrected chi connectivity index (χ4v) is 4.26. The summed E-state index contributed by atoms with van der Waals surface area (Å²) in [5, 5.41) is 0.118. The monoisotopic (exact) mass is 387 g/mol. The molecule has 0 saturated carbocycles. The zero-order chi connectivity index (χ0) is 18.8. The van der Waals surface area contributed by atoms with Crippen LogP contribution in [0.5, 0.6) is 0 Å². The van der Waals surface area contributed by atoms with Crippen molar-refractivity contribution in [3.05, 3.63) is 28.8 Å². The van der Waals surface area contributed by atoms with Crippen LogP contribution in [0.4, 0.5) is 0 Å². The average Bonchev–Trinajstić information content (AvgIpc) is 2.54. The molecule has 8 heteroatoms. The van der Waals surface area contributed by atoms with Crippen molar-refractivity contribution in [1.29, 1.82) is 0 Å². The van der Waals surface area contributed by atoms with Crippen LogP contribution < -0.4 is 0 Å². The quantitative estimate of drug-likeness (QED) is 0.775. The molecule has 1 amide bonds. The highest BCUT2D eigenvalue weighted by Crippen LogP contribution is 2.25. The highest BCUT2D eigenvalue weighted by Gasteiger charge is 2.26. The van der Waals surface area contributed by atoms with Crippen molar-refractivity contribution in [2.45, 2.75) is 18.7 Å². The molecule has 0 N–H and O–H groups in total. The molecule has 1 fully saturated rings. The highest BCUT2D eigenvalue weighted by molar-refractivity contribution is 7.89. The number of amides is 1. The molecular weight excluding hydrogens is 362 g/mol. The van der Waals surface area contributed by atoms with Crippen molar-refractivity contribution < 1.29 is 13.2 Å². The van der Waals surface area contributed by atoms with E-state index in [0.29, 0.717) is 24.6 Å². The lowest BCUT2D eigenvalue weighted by Crippen LogP contribution is -2.49. The second kappa shape index (κ2) is 8.03. The average molecular weight is 388 g/mol. The van der Waals surface area contributed by atoms with Gasteiger partial charge in [0.15, 0.2) is 0 Å². The first-order chi connectivity index (χ1) is 11.6. The van der Waals surface area contributed by atoms with Crippen LogP contribution in [0.15, 0.2) is 23.1 Å². The van der Waals surface area contributed by atoms with Crippen molar-refractivity contribution in [3.63, 3.8) is 0 Å². The molecular formula is C17H26ClN3O3S. The smallest absolute Gasteiger partial charge is 0.253 e. The maximum absolute atomic E-state index is 12.7. The van der Waals surface area contributed by atoms with Gasteiger partial charge in [-0.05, 0) is 24.1 Å². The van der Waals surface area contributed by atoms with E-state index in [1.807, 2.05) is 0 Å². The van der Waals surface area contributed by atoms with Crippen LogP contribution in [0.1, 0.15) is 24.2 Å². The lowest BCUT2D eigenvalue weighted by molar-refractivity contribution is 0.0623. The number of benzene rings is 1. The number of rotatable bonds is 5. The van der Waals surface area contributed by atoms with E-state index >= 15 is 0 Å². The Morgan fingerprint density at radius 1 is 1.20 bits per heavy atom. The minimum Gasteiger partial charge on any atom is -0.336 e. The summed E-state index contributed by atoms with van der Waals surface area (Å²) in [6.45, 7) is 8.33. The summed E-state index contributed by atoms with van der Waals surface area (Å²) in [7, 11) is -0.817. The van der Waals surface area contributed by atoms with Gasteiger partial charge < -0.3 is 4.90 Å². The SMILES string of the molecule is CC(C)CN1CCN(C(=O)c2ccc(Cl)c(S(=O)(=O)N(C)C)c2)CC1. The molecule has 140 valence electrons. The van der Waals surface area contributed by atoms with Gasteiger partial charge >= 0.3 is 0 Å². The van der Waals surface area contributed by atoms with Gasteiger partial charge in [-0.25, -0.2) is 12.7 Å². The number of piperazine rings is 1. The molecule has 0 aromatic heterocycles. The van der Waals surface area contributed by atoms with Crippen LogP contribution in [-0.2, 0) is 10.0 Å². The van der Waals surface area contributed by atoms with Gasteiger partial charge in [-0.2, -0.15) is 0 Å². The number of halogens is 1.